The van der Waals surface area contributed by atoms with Gasteiger partial charge in [0.15, 0.2) is 0 Å². The molecule has 0 saturated carbocycles. The Morgan fingerprint density at radius 3 is 3.11 bits per heavy atom. The number of nitrogens with zero attached hydrogens (tertiary/aromatic N) is 2. The Labute approximate surface area is 108 Å². The molecule has 1 aromatic heterocycles. The number of benzene rings is 1. The molecule has 1 N–H and O–H groups in total. The third-order valence-corrected chi connectivity index (χ3v) is 3.84. The van der Waals surface area contributed by atoms with E-state index in [-0.39, 0.29) is 0 Å². The first-order chi connectivity index (χ1) is 8.84. The van der Waals surface area contributed by atoms with Crippen LogP contribution >= 0.6 is 0 Å². The summed E-state index contributed by atoms with van der Waals surface area (Å²) in [5.74, 6) is 1.80. The minimum absolute atomic E-state index is 0.617. The van der Waals surface area contributed by atoms with Crippen LogP contribution in [0.1, 0.15) is 29.3 Å². The van der Waals surface area contributed by atoms with Crippen LogP contribution in [0.5, 0.6) is 0 Å². The lowest BCUT2D eigenvalue weighted by Gasteiger charge is -2.26. The molecular weight excluding hydrogens is 222 g/mol. The molecule has 0 radical (unpaired) electrons. The van der Waals surface area contributed by atoms with Crippen LogP contribution in [0.4, 0.5) is 0 Å². The summed E-state index contributed by atoms with van der Waals surface area (Å²) in [4.78, 5) is 4.40. The van der Waals surface area contributed by atoms with E-state index in [4.69, 9.17) is 0 Å². The maximum absolute atomic E-state index is 4.40. The molecule has 2 aromatic rings. The van der Waals surface area contributed by atoms with Crippen molar-refractivity contribution in [1.29, 1.82) is 0 Å². The van der Waals surface area contributed by atoms with Gasteiger partial charge in [-0.3, -0.25) is 0 Å². The third-order valence-electron chi connectivity index (χ3n) is 3.84. The average Bonchev–Trinajstić information content (AvgIpc) is 2.82. The molecule has 0 saturated heterocycles. The standard InChI is InChI=1S/C15H19N3/c1-18-9-8-17-15(18)7-6-13-11-16-10-12-4-2-3-5-14(12)13/h2-5,8-9,13,16H,6-7,10-11H2,1H3. The monoisotopic (exact) mass is 241 g/mol. The van der Waals surface area contributed by atoms with Gasteiger partial charge in [0.05, 0.1) is 0 Å². The van der Waals surface area contributed by atoms with Gasteiger partial charge in [0.1, 0.15) is 5.82 Å². The second-order valence-electron chi connectivity index (χ2n) is 5.02. The van der Waals surface area contributed by atoms with Crippen molar-refractivity contribution in [2.75, 3.05) is 6.54 Å². The summed E-state index contributed by atoms with van der Waals surface area (Å²) < 4.78 is 2.11. The van der Waals surface area contributed by atoms with Gasteiger partial charge in [0.25, 0.3) is 0 Å². The molecule has 94 valence electrons. The van der Waals surface area contributed by atoms with E-state index in [1.165, 1.54) is 17.0 Å². The summed E-state index contributed by atoms with van der Waals surface area (Å²) in [7, 11) is 2.06. The maximum Gasteiger partial charge on any atom is 0.108 e. The van der Waals surface area contributed by atoms with Crippen LogP contribution in [0.25, 0.3) is 0 Å². The Bertz CT molecular complexity index is 530. The van der Waals surface area contributed by atoms with Gasteiger partial charge in [0.2, 0.25) is 0 Å². The molecule has 1 aliphatic rings. The van der Waals surface area contributed by atoms with Crippen LogP contribution in [-0.2, 0) is 20.0 Å². The van der Waals surface area contributed by atoms with Gasteiger partial charge in [-0.15, -0.1) is 0 Å². The first kappa shape index (κ1) is 11.5. The van der Waals surface area contributed by atoms with Crippen molar-refractivity contribution in [1.82, 2.24) is 14.9 Å². The molecule has 3 nitrogen and oxygen atoms in total. The highest BCUT2D eigenvalue weighted by Crippen LogP contribution is 2.27. The van der Waals surface area contributed by atoms with E-state index in [1.807, 2.05) is 12.4 Å². The fourth-order valence-corrected chi connectivity index (χ4v) is 2.78. The summed E-state index contributed by atoms with van der Waals surface area (Å²) in [6, 6.07) is 8.79. The number of hydrogen-bond acceptors (Lipinski definition) is 2. The van der Waals surface area contributed by atoms with E-state index in [9.17, 15) is 0 Å². The quantitative estimate of drug-likeness (QED) is 0.893. The average molecular weight is 241 g/mol. The summed E-state index contributed by atoms with van der Waals surface area (Å²) in [6.07, 6.45) is 6.10. The minimum Gasteiger partial charge on any atom is -0.338 e. The molecule has 0 fully saturated rings. The van der Waals surface area contributed by atoms with Crippen LogP contribution < -0.4 is 5.32 Å². The van der Waals surface area contributed by atoms with E-state index in [0.717, 1.165) is 25.9 Å². The van der Waals surface area contributed by atoms with Crippen molar-refractivity contribution >= 4 is 0 Å². The molecule has 18 heavy (non-hydrogen) atoms. The topological polar surface area (TPSA) is 29.9 Å². The van der Waals surface area contributed by atoms with Crippen molar-refractivity contribution in [3.8, 4) is 0 Å². The van der Waals surface area contributed by atoms with Gasteiger partial charge >= 0.3 is 0 Å². The normalized spacial score (nSPS) is 18.6. The number of rotatable bonds is 3. The molecule has 2 heterocycles. The van der Waals surface area contributed by atoms with Gasteiger partial charge in [-0.2, -0.15) is 0 Å². The molecule has 1 unspecified atom stereocenters. The van der Waals surface area contributed by atoms with Crippen molar-refractivity contribution in [3.63, 3.8) is 0 Å². The zero-order valence-corrected chi connectivity index (χ0v) is 10.8. The zero-order valence-electron chi connectivity index (χ0n) is 10.8. The van der Waals surface area contributed by atoms with Crippen molar-refractivity contribution in [3.05, 3.63) is 53.6 Å². The first-order valence-corrected chi connectivity index (χ1v) is 6.59. The largest absolute Gasteiger partial charge is 0.338 e. The van der Waals surface area contributed by atoms with Crippen LogP contribution in [0.3, 0.4) is 0 Å². The molecule has 3 heteroatoms. The van der Waals surface area contributed by atoms with E-state index in [1.54, 1.807) is 0 Å². The summed E-state index contributed by atoms with van der Waals surface area (Å²) in [6.45, 7) is 2.09. The van der Waals surface area contributed by atoms with Gasteiger partial charge in [-0.1, -0.05) is 24.3 Å². The zero-order chi connectivity index (χ0) is 12.4. The molecule has 3 rings (SSSR count). The number of fused-ring (bicyclic) bond motifs is 1. The second-order valence-corrected chi connectivity index (χ2v) is 5.02. The predicted octanol–water partition coefficient (Wildman–Crippen LogP) is 2.24. The number of aryl methyl sites for hydroxylation is 2. The number of aromatic nitrogens is 2. The van der Waals surface area contributed by atoms with Gasteiger partial charge < -0.3 is 9.88 Å². The highest BCUT2D eigenvalue weighted by molar-refractivity contribution is 5.32. The van der Waals surface area contributed by atoms with Gasteiger partial charge in [-0.25, -0.2) is 4.98 Å². The highest BCUT2D eigenvalue weighted by atomic mass is 15.0. The number of hydrogen-bond donors (Lipinski definition) is 1. The molecular formula is C15H19N3. The lowest BCUT2D eigenvalue weighted by atomic mass is 9.87. The number of nitrogens with one attached hydrogen (secondary N) is 1. The minimum atomic E-state index is 0.617. The van der Waals surface area contributed by atoms with Crippen LogP contribution in [0.2, 0.25) is 0 Å². The Hall–Kier alpha value is -1.61. The highest BCUT2D eigenvalue weighted by Gasteiger charge is 2.19. The maximum atomic E-state index is 4.40. The van der Waals surface area contributed by atoms with Crippen molar-refractivity contribution < 1.29 is 0 Å². The van der Waals surface area contributed by atoms with Crippen molar-refractivity contribution in [2.24, 2.45) is 7.05 Å². The van der Waals surface area contributed by atoms with E-state index >= 15 is 0 Å². The third kappa shape index (κ3) is 2.18. The smallest absolute Gasteiger partial charge is 0.108 e. The summed E-state index contributed by atoms with van der Waals surface area (Å²) >= 11 is 0. The molecule has 0 aliphatic carbocycles. The molecule has 1 aromatic carbocycles. The van der Waals surface area contributed by atoms with E-state index in [2.05, 4.69) is 46.2 Å². The van der Waals surface area contributed by atoms with Crippen molar-refractivity contribution in [2.45, 2.75) is 25.3 Å². The predicted molar refractivity (Wildman–Crippen MR) is 72.4 cm³/mol. The van der Waals surface area contributed by atoms with Crippen LogP contribution in [-0.4, -0.2) is 16.1 Å². The lowest BCUT2D eigenvalue weighted by molar-refractivity contribution is 0.506. The Morgan fingerprint density at radius 1 is 1.39 bits per heavy atom. The first-order valence-electron chi connectivity index (χ1n) is 6.59. The van der Waals surface area contributed by atoms with Gasteiger partial charge in [-0.05, 0) is 23.5 Å². The van der Waals surface area contributed by atoms with Gasteiger partial charge in [0, 0.05) is 39.0 Å². The number of imidazole rings is 1. The second kappa shape index (κ2) is 4.94. The molecule has 1 atom stereocenters. The van der Waals surface area contributed by atoms with E-state index < -0.39 is 0 Å². The van der Waals surface area contributed by atoms with Crippen LogP contribution in [0.15, 0.2) is 36.7 Å². The Kier molecular flexibility index (Phi) is 3.15. The molecule has 0 spiro atoms. The molecule has 0 bridgehead atoms. The fourth-order valence-electron chi connectivity index (χ4n) is 2.78. The molecule has 1 aliphatic heterocycles. The SMILES string of the molecule is Cn1ccnc1CCC1CNCc2ccccc21. The Morgan fingerprint density at radius 2 is 2.28 bits per heavy atom. The molecule has 0 amide bonds. The van der Waals surface area contributed by atoms with Crippen LogP contribution in [0, 0.1) is 0 Å². The summed E-state index contributed by atoms with van der Waals surface area (Å²) in [5, 5.41) is 3.51. The Balaban J connectivity index is 1.73. The lowest BCUT2D eigenvalue weighted by Crippen LogP contribution is -2.28. The summed E-state index contributed by atoms with van der Waals surface area (Å²) in [5.41, 5.74) is 2.97. The van der Waals surface area contributed by atoms with E-state index in [0.29, 0.717) is 5.92 Å². The fraction of sp³-hybridized carbons (Fsp3) is 0.400.